The van der Waals surface area contributed by atoms with Gasteiger partial charge in [0.25, 0.3) is 10.1 Å². The molecule has 15 rings (SSSR count). The normalized spacial score (nSPS) is 11.7. The van der Waals surface area contributed by atoms with Crippen molar-refractivity contribution < 1.29 is 47.0 Å². The van der Waals surface area contributed by atoms with Crippen molar-refractivity contribution in [2.24, 2.45) is 11.5 Å². The molecule has 0 spiro atoms. The zero-order valence-corrected chi connectivity index (χ0v) is 78.4. The van der Waals surface area contributed by atoms with E-state index >= 15 is 0 Å². The highest BCUT2D eigenvalue weighted by Crippen LogP contribution is 2.29. The number of nitrogens with zero attached hydrogens (tertiary/aromatic N) is 13. The van der Waals surface area contributed by atoms with E-state index in [0.717, 1.165) is 173 Å². The van der Waals surface area contributed by atoms with Crippen LogP contribution in [0.5, 0.6) is 0 Å². The zero-order valence-electron chi connectivity index (χ0n) is 71.0. The molecule has 35 heteroatoms. The van der Waals surface area contributed by atoms with Crippen LogP contribution in [0, 0.1) is 0 Å². The lowest BCUT2D eigenvalue weighted by Gasteiger charge is -2.25. The molecule has 123 heavy (non-hydrogen) atoms. The minimum atomic E-state index is -3.36. The number of rotatable bonds is 29. The van der Waals surface area contributed by atoms with Gasteiger partial charge in [-0.15, -0.1) is 95.8 Å². The standard InChI is InChI=1S/C16H19NO2S.C15H20N2S.C14H19N3S.C13H13NOS.C12H11N5O2S.C7H11NO3S2.C6H9NOS.C5H8N2OS/c1-2-15-17-13(11-20-15)10-12-6-3-4-7-14(12)16-18-8-5-9-19-16;1-4-15-16-14(11-18-15)9-12-7-5-6-8-13(12)10-17(2)3;1-17(2)9-12-6-4-3-5-11(12)7-13-10-18-14(8-15)16-13;1-2-13-14-12(9-16-13)7-10-5-3-4-6-11(10)8-15;18-6-8-7-20-11(14-8)5-13-12(19)17-10-4-2-1-3-9(10)15-16-17;1-3-7-8-6(5-12-7)4-11-13(2,9)10;1-2-6-7-5(3-8)4-9-6;6-1-5-7-4(2-8)3-9-5/h3-4,6-7,11,16H,2,5,8-10H2,1H3;5-8,11H,4,9-10H2,1-3H3;3-6,10H,7-9,15H2,1-2H3;3-6,8-9H,2,7H2,1H3;1-4,7,18H,5-6H2,(H,13,19);5H,3-4H2,1-2H3;4,8H,2-3H2,1H3;3,8H,1-2,6H2. The van der Waals surface area contributed by atoms with Crippen LogP contribution in [0.3, 0.4) is 0 Å². The van der Waals surface area contributed by atoms with Crippen LogP contribution in [0.1, 0.15) is 182 Å². The molecule has 0 bridgehead atoms. The smallest absolute Gasteiger partial charge is 0.344 e. The Morgan fingerprint density at radius 2 is 0.829 bits per heavy atom. The fourth-order valence-corrected chi connectivity index (χ4v) is 17.6. The number of thiazole rings is 8. The van der Waals surface area contributed by atoms with Gasteiger partial charge in [-0.1, -0.05) is 149 Å². The monoisotopic (exact) mass is 1840 g/mol. The number of fused-ring (bicyclic) bond motifs is 1. The molecule has 14 aromatic rings. The summed E-state index contributed by atoms with van der Waals surface area (Å²) in [5, 5.41) is 60.6. The fraction of sp³-hybridized carbons (Fsp3) is 0.364. The number of carbonyl (C=O) groups excluding carboxylic acids is 2. The first-order valence-electron chi connectivity index (χ1n) is 40.0. The molecular formula is C88H110N16O10S9. The SMILES string of the molecule is CCc1nc(CO)cs1.CCc1nc(COS(C)(=O)=O)cs1.CCc1nc(Cc2ccccc2C2OCCCO2)cs1.CCc1nc(Cc2ccccc2C=O)cs1.CCc1nc(Cc2ccccc2CN(C)C)cs1.CN(C)Cc1ccccc1Cc1csc(CN)n1.NCc1nc(CO)cs1.O=C(NCc1nc(CO)cs1)n1nnc2ccccc21. The summed E-state index contributed by atoms with van der Waals surface area (Å²) in [6.45, 7) is 15.2. The van der Waals surface area contributed by atoms with Crippen LogP contribution in [0.2, 0.25) is 0 Å². The number of amides is 1. The van der Waals surface area contributed by atoms with Gasteiger partial charge in [-0.05, 0) is 112 Å². The quantitative estimate of drug-likeness (QED) is 0.0187. The lowest BCUT2D eigenvalue weighted by molar-refractivity contribution is -0.183. The predicted molar refractivity (Wildman–Crippen MR) is 499 cm³/mol. The number of para-hydroxylation sites is 1. The lowest BCUT2D eigenvalue weighted by atomic mass is 10.0. The predicted octanol–water partition coefficient (Wildman–Crippen LogP) is 16.1. The first-order chi connectivity index (χ1) is 59.6. The molecule has 26 nitrogen and oxygen atoms in total. The van der Waals surface area contributed by atoms with Crippen molar-refractivity contribution in [1.82, 2.24) is 70.0 Å². The van der Waals surface area contributed by atoms with Crippen molar-refractivity contribution in [1.29, 1.82) is 0 Å². The molecule has 5 aromatic carbocycles. The Kier molecular flexibility index (Phi) is 43.9. The van der Waals surface area contributed by atoms with Crippen LogP contribution < -0.4 is 16.8 Å². The average molecular weight is 1840 g/mol. The third-order valence-corrected chi connectivity index (χ3v) is 26.0. The van der Waals surface area contributed by atoms with E-state index in [1.165, 1.54) is 82.2 Å². The number of hydrogen-bond donors (Lipinski definition) is 6. The highest BCUT2D eigenvalue weighted by atomic mass is 32.2. The van der Waals surface area contributed by atoms with Gasteiger partial charge < -0.3 is 51.4 Å². The summed E-state index contributed by atoms with van der Waals surface area (Å²) in [5.74, 6) is 0. The number of aldehydes is 1. The summed E-state index contributed by atoms with van der Waals surface area (Å²) in [7, 11) is 5.04. The van der Waals surface area contributed by atoms with Gasteiger partial charge in [0.05, 0.1) is 122 Å². The van der Waals surface area contributed by atoms with E-state index in [1.807, 2.05) is 65.5 Å². The van der Waals surface area contributed by atoms with Crippen molar-refractivity contribution in [3.05, 3.63) is 294 Å². The van der Waals surface area contributed by atoms with Crippen molar-refractivity contribution in [2.75, 3.05) is 47.7 Å². The second-order valence-corrected chi connectivity index (χ2v) is 37.0. The Morgan fingerprint density at radius 1 is 0.480 bits per heavy atom. The molecule has 656 valence electrons. The lowest BCUT2D eigenvalue weighted by Crippen LogP contribution is -2.28. The highest BCUT2D eigenvalue weighted by Gasteiger charge is 2.21. The van der Waals surface area contributed by atoms with E-state index < -0.39 is 10.1 Å². The summed E-state index contributed by atoms with van der Waals surface area (Å²) in [4.78, 5) is 62.0. The zero-order chi connectivity index (χ0) is 88.3. The van der Waals surface area contributed by atoms with Gasteiger partial charge >= 0.3 is 6.03 Å². The fourth-order valence-electron chi connectivity index (χ4n) is 11.5. The topological polar surface area (TPSA) is 361 Å². The van der Waals surface area contributed by atoms with Gasteiger partial charge in [-0.3, -0.25) is 8.98 Å². The molecule has 1 aliphatic rings. The number of nitrogens with one attached hydrogen (secondary N) is 1. The van der Waals surface area contributed by atoms with Crippen LogP contribution >= 0.6 is 90.7 Å². The third kappa shape index (κ3) is 34.9. The van der Waals surface area contributed by atoms with E-state index in [0.29, 0.717) is 41.2 Å². The summed E-state index contributed by atoms with van der Waals surface area (Å²) < 4.78 is 38.5. The summed E-state index contributed by atoms with van der Waals surface area (Å²) in [5.41, 5.74) is 29.2. The maximum atomic E-state index is 12.0. The summed E-state index contributed by atoms with van der Waals surface area (Å²) in [6, 6.07) is 40.1. The van der Waals surface area contributed by atoms with E-state index in [4.69, 9.17) is 36.3 Å². The molecule has 1 amide bonds. The minimum absolute atomic E-state index is 0.0104. The molecule has 0 saturated carbocycles. The Hall–Kier alpha value is -8.77. The molecule has 9 aromatic heterocycles. The van der Waals surface area contributed by atoms with E-state index in [-0.39, 0.29) is 45.3 Å². The molecule has 0 radical (unpaired) electrons. The van der Waals surface area contributed by atoms with Gasteiger partial charge in [0.15, 0.2) is 6.29 Å². The molecule has 1 saturated heterocycles. The number of aliphatic hydroxyl groups excluding tert-OH is 3. The number of ether oxygens (including phenoxy) is 2. The number of hydrogen-bond acceptors (Lipinski definition) is 32. The summed E-state index contributed by atoms with van der Waals surface area (Å²) >= 11 is 12.8. The van der Waals surface area contributed by atoms with Crippen LogP contribution in [-0.4, -0.2) is 148 Å². The largest absolute Gasteiger partial charge is 0.390 e. The van der Waals surface area contributed by atoms with Crippen LogP contribution in [0.15, 0.2) is 164 Å². The van der Waals surface area contributed by atoms with E-state index in [9.17, 15) is 18.0 Å². The van der Waals surface area contributed by atoms with Crippen LogP contribution in [0.25, 0.3) is 11.0 Å². The van der Waals surface area contributed by atoms with Gasteiger partial charge in [-0.2, -0.15) is 13.1 Å². The highest BCUT2D eigenvalue weighted by molar-refractivity contribution is 7.85. The Labute approximate surface area is 753 Å². The number of nitrogens with two attached hydrogens (primary N) is 2. The van der Waals surface area contributed by atoms with Gasteiger partial charge in [-0.25, -0.2) is 44.7 Å². The molecule has 10 heterocycles. The average Bonchev–Trinajstić information content (AvgIpc) is 1.67. The second kappa shape index (κ2) is 54.2. The van der Waals surface area contributed by atoms with Gasteiger partial charge in [0, 0.05) is 106 Å². The van der Waals surface area contributed by atoms with Crippen LogP contribution in [0.4, 0.5) is 4.79 Å². The Bertz CT molecular complexity index is 5340. The first-order valence-corrected chi connectivity index (χ1v) is 48.8. The number of carbonyl (C=O) groups is 2. The molecule has 8 N–H and O–H groups in total. The second-order valence-electron chi connectivity index (χ2n) is 27.8. The first kappa shape index (κ1) is 99.7. The maximum absolute atomic E-state index is 12.0. The molecule has 1 aliphatic heterocycles. The molecular weight excluding hydrogens is 1730 g/mol. The number of aryl methyl sites for hydroxylation is 5. The molecule has 0 unspecified atom stereocenters. The number of aromatic nitrogens is 11. The van der Waals surface area contributed by atoms with Crippen molar-refractivity contribution in [3.8, 4) is 0 Å². The van der Waals surface area contributed by atoms with Crippen LogP contribution in [-0.2, 0) is 141 Å². The molecule has 0 atom stereocenters. The Morgan fingerprint density at radius 3 is 1.25 bits per heavy atom. The third-order valence-electron chi connectivity index (χ3n) is 17.5. The maximum Gasteiger partial charge on any atom is 0.344 e. The van der Waals surface area contributed by atoms with Gasteiger partial charge in [0.2, 0.25) is 0 Å². The number of benzene rings is 5. The number of aliphatic hydroxyl groups is 3. The molecule has 0 aliphatic carbocycles. The van der Waals surface area contributed by atoms with E-state index in [2.05, 4.69) is 214 Å². The van der Waals surface area contributed by atoms with Crippen molar-refractivity contribution >= 4 is 124 Å². The van der Waals surface area contributed by atoms with Gasteiger partial charge in [0.1, 0.15) is 33.4 Å². The molecule has 1 fully saturated rings. The summed E-state index contributed by atoms with van der Waals surface area (Å²) in [6.07, 6.45) is 10.9. The van der Waals surface area contributed by atoms with Crippen molar-refractivity contribution in [2.45, 2.75) is 164 Å². The minimum Gasteiger partial charge on any atom is -0.390 e. The van der Waals surface area contributed by atoms with E-state index in [1.54, 1.807) is 74.2 Å². The van der Waals surface area contributed by atoms with Crippen molar-refractivity contribution in [3.63, 3.8) is 0 Å². The Balaban J connectivity index is 0.000000177.